The summed E-state index contributed by atoms with van der Waals surface area (Å²) in [5, 5.41) is 8.82. The normalized spacial score (nSPS) is 16.0. The number of nitrogens with zero attached hydrogens (tertiary/aromatic N) is 1. The highest BCUT2D eigenvalue weighted by Crippen LogP contribution is 2.27. The molecule has 0 aliphatic heterocycles. The zero-order valence-corrected chi connectivity index (χ0v) is 9.08. The van der Waals surface area contributed by atoms with Crippen LogP contribution in [0.1, 0.15) is 31.2 Å². The fourth-order valence-corrected chi connectivity index (χ4v) is 2.12. The van der Waals surface area contributed by atoms with Crippen molar-refractivity contribution in [2.24, 2.45) is 5.92 Å². The quantitative estimate of drug-likeness (QED) is 0.781. The summed E-state index contributed by atoms with van der Waals surface area (Å²) < 4.78 is 18.8. The predicted molar refractivity (Wildman–Crippen MR) is 58.6 cm³/mol. The first kappa shape index (κ1) is 10.9. The molecule has 1 aliphatic rings. The molecule has 0 spiro atoms. The lowest BCUT2D eigenvalue weighted by Gasteiger charge is -2.12. The fourth-order valence-electron chi connectivity index (χ4n) is 2.12. The Labute approximate surface area is 94.7 Å². The average Bonchev–Trinajstić information content (AvgIpc) is 2.79. The second kappa shape index (κ2) is 4.98. The summed E-state index contributed by atoms with van der Waals surface area (Å²) in [6, 6.07) is 6.34. The van der Waals surface area contributed by atoms with Crippen molar-refractivity contribution in [3.8, 4) is 11.8 Å². The van der Waals surface area contributed by atoms with Gasteiger partial charge in [-0.25, -0.2) is 4.39 Å². The maximum atomic E-state index is 13.2. The van der Waals surface area contributed by atoms with Crippen LogP contribution >= 0.6 is 0 Å². The maximum Gasteiger partial charge on any atom is 0.144 e. The molecule has 16 heavy (non-hydrogen) atoms. The highest BCUT2D eigenvalue weighted by atomic mass is 19.1. The molecule has 0 unspecified atom stereocenters. The predicted octanol–water partition coefficient (Wildman–Crippen LogP) is 3.27. The lowest BCUT2D eigenvalue weighted by atomic mass is 10.1. The minimum absolute atomic E-state index is 0.0143. The third-order valence-corrected chi connectivity index (χ3v) is 3.04. The van der Waals surface area contributed by atoms with Crippen LogP contribution in [0.4, 0.5) is 4.39 Å². The Balaban J connectivity index is 2.03. The van der Waals surface area contributed by atoms with Gasteiger partial charge >= 0.3 is 0 Å². The van der Waals surface area contributed by atoms with E-state index in [-0.39, 0.29) is 5.56 Å². The molecule has 1 aromatic carbocycles. The van der Waals surface area contributed by atoms with Gasteiger partial charge in [-0.15, -0.1) is 0 Å². The maximum absolute atomic E-state index is 13.2. The molecular formula is C13H14FNO. The summed E-state index contributed by atoms with van der Waals surface area (Å²) in [6.07, 6.45) is 4.86. The number of halogens is 1. The van der Waals surface area contributed by atoms with Crippen LogP contribution in [-0.2, 0) is 0 Å². The van der Waals surface area contributed by atoms with Crippen LogP contribution in [0.5, 0.6) is 5.75 Å². The zero-order chi connectivity index (χ0) is 11.4. The molecular weight excluding hydrogens is 205 g/mol. The summed E-state index contributed by atoms with van der Waals surface area (Å²) in [7, 11) is 0. The number of ether oxygens (including phenoxy) is 1. The van der Waals surface area contributed by atoms with Crippen molar-refractivity contribution < 1.29 is 9.13 Å². The number of hydrogen-bond donors (Lipinski definition) is 0. The van der Waals surface area contributed by atoms with Crippen LogP contribution in [0.3, 0.4) is 0 Å². The van der Waals surface area contributed by atoms with Crippen molar-refractivity contribution in [3.05, 3.63) is 29.6 Å². The van der Waals surface area contributed by atoms with E-state index in [1.807, 2.05) is 6.07 Å². The zero-order valence-electron chi connectivity index (χ0n) is 9.08. The van der Waals surface area contributed by atoms with Crippen LogP contribution in [0.15, 0.2) is 18.2 Å². The molecule has 0 N–H and O–H groups in total. The van der Waals surface area contributed by atoms with E-state index in [0.717, 1.165) is 0 Å². The Morgan fingerprint density at radius 3 is 2.81 bits per heavy atom. The molecule has 0 atom stereocenters. The molecule has 2 rings (SSSR count). The Hall–Kier alpha value is -1.56. The summed E-state index contributed by atoms with van der Waals surface area (Å²) in [5.41, 5.74) is 0.0143. The van der Waals surface area contributed by atoms with Crippen molar-refractivity contribution in [3.63, 3.8) is 0 Å². The second-order valence-corrected chi connectivity index (χ2v) is 4.19. The van der Waals surface area contributed by atoms with E-state index in [1.54, 1.807) is 12.1 Å². The largest absolute Gasteiger partial charge is 0.492 e. The van der Waals surface area contributed by atoms with E-state index in [4.69, 9.17) is 10.00 Å². The van der Waals surface area contributed by atoms with Crippen molar-refractivity contribution in [1.29, 1.82) is 5.26 Å². The van der Waals surface area contributed by atoms with Crippen LogP contribution in [0.25, 0.3) is 0 Å². The van der Waals surface area contributed by atoms with E-state index in [2.05, 4.69) is 0 Å². The van der Waals surface area contributed by atoms with E-state index in [1.165, 1.54) is 31.7 Å². The Kier molecular flexibility index (Phi) is 3.40. The van der Waals surface area contributed by atoms with E-state index < -0.39 is 5.82 Å². The summed E-state index contributed by atoms with van der Waals surface area (Å²) in [5.74, 6) is 0.427. The second-order valence-electron chi connectivity index (χ2n) is 4.19. The Morgan fingerprint density at radius 1 is 1.38 bits per heavy atom. The molecule has 0 heterocycles. The van der Waals surface area contributed by atoms with Crippen LogP contribution in [-0.4, -0.2) is 6.61 Å². The summed E-state index contributed by atoms with van der Waals surface area (Å²) >= 11 is 0. The number of benzene rings is 1. The first-order chi connectivity index (χ1) is 7.81. The Bertz CT molecular complexity index is 405. The molecule has 0 saturated heterocycles. The lowest BCUT2D eigenvalue weighted by Crippen LogP contribution is -2.09. The molecule has 0 aromatic heterocycles. The third kappa shape index (κ3) is 2.33. The smallest absolute Gasteiger partial charge is 0.144 e. The van der Waals surface area contributed by atoms with Gasteiger partial charge in [-0.3, -0.25) is 0 Å². The van der Waals surface area contributed by atoms with Gasteiger partial charge in [-0.05, 0) is 30.9 Å². The molecule has 1 fully saturated rings. The molecule has 0 amide bonds. The number of hydrogen-bond acceptors (Lipinski definition) is 2. The molecule has 3 heteroatoms. The number of nitriles is 1. The molecule has 1 aromatic rings. The molecule has 0 bridgehead atoms. The monoisotopic (exact) mass is 219 g/mol. The van der Waals surface area contributed by atoms with Crippen LogP contribution < -0.4 is 4.74 Å². The highest BCUT2D eigenvalue weighted by Gasteiger charge is 2.17. The van der Waals surface area contributed by atoms with Gasteiger partial charge < -0.3 is 4.74 Å². The lowest BCUT2D eigenvalue weighted by molar-refractivity contribution is 0.250. The minimum atomic E-state index is -0.508. The van der Waals surface area contributed by atoms with E-state index in [0.29, 0.717) is 18.3 Å². The Morgan fingerprint density at radius 2 is 2.12 bits per heavy atom. The summed E-state index contributed by atoms with van der Waals surface area (Å²) in [4.78, 5) is 0. The highest BCUT2D eigenvalue weighted by molar-refractivity contribution is 5.43. The van der Waals surface area contributed by atoms with Gasteiger partial charge in [0.1, 0.15) is 23.2 Å². The summed E-state index contributed by atoms with van der Waals surface area (Å²) in [6.45, 7) is 0.595. The van der Waals surface area contributed by atoms with Crippen molar-refractivity contribution in [1.82, 2.24) is 0 Å². The standard InChI is InChI=1S/C13H14FNO/c14-12-6-3-7-13(11(12)8-15)16-9-10-4-1-2-5-10/h3,6-7,10H,1-2,4-5,9H2. The number of rotatable bonds is 3. The van der Waals surface area contributed by atoms with Gasteiger partial charge in [0.2, 0.25) is 0 Å². The SMILES string of the molecule is N#Cc1c(F)cccc1OCC1CCCC1. The minimum Gasteiger partial charge on any atom is -0.492 e. The molecule has 84 valence electrons. The van der Waals surface area contributed by atoms with E-state index >= 15 is 0 Å². The third-order valence-electron chi connectivity index (χ3n) is 3.04. The average molecular weight is 219 g/mol. The first-order valence-corrected chi connectivity index (χ1v) is 5.62. The topological polar surface area (TPSA) is 33.0 Å². The first-order valence-electron chi connectivity index (χ1n) is 5.62. The van der Waals surface area contributed by atoms with Gasteiger partial charge in [0.05, 0.1) is 6.61 Å². The van der Waals surface area contributed by atoms with Gasteiger partial charge in [0.15, 0.2) is 0 Å². The van der Waals surface area contributed by atoms with Crippen molar-refractivity contribution in [2.45, 2.75) is 25.7 Å². The fraction of sp³-hybridized carbons (Fsp3) is 0.462. The molecule has 1 saturated carbocycles. The van der Waals surface area contributed by atoms with Gasteiger partial charge in [0, 0.05) is 0 Å². The van der Waals surface area contributed by atoms with Crippen molar-refractivity contribution in [2.75, 3.05) is 6.61 Å². The van der Waals surface area contributed by atoms with Crippen LogP contribution in [0, 0.1) is 23.1 Å². The van der Waals surface area contributed by atoms with Crippen LogP contribution in [0.2, 0.25) is 0 Å². The van der Waals surface area contributed by atoms with Gasteiger partial charge in [0.25, 0.3) is 0 Å². The molecule has 2 nitrogen and oxygen atoms in total. The molecule has 0 radical (unpaired) electrons. The van der Waals surface area contributed by atoms with Gasteiger partial charge in [-0.1, -0.05) is 18.9 Å². The van der Waals surface area contributed by atoms with Crippen molar-refractivity contribution >= 4 is 0 Å². The van der Waals surface area contributed by atoms with E-state index in [9.17, 15) is 4.39 Å². The molecule has 1 aliphatic carbocycles. The van der Waals surface area contributed by atoms with Gasteiger partial charge in [-0.2, -0.15) is 5.26 Å².